The largest absolute Gasteiger partial charge is 0.326 e. The number of nitrogens with zero attached hydrogens (tertiary/aromatic N) is 2. The summed E-state index contributed by atoms with van der Waals surface area (Å²) >= 11 is 4.10. The van der Waals surface area contributed by atoms with Crippen LogP contribution < -0.4 is 5.73 Å². The van der Waals surface area contributed by atoms with Gasteiger partial charge in [0.05, 0.1) is 5.69 Å². The Morgan fingerprint density at radius 1 is 1.50 bits per heavy atom. The van der Waals surface area contributed by atoms with Gasteiger partial charge in [0.25, 0.3) is 0 Å². The Morgan fingerprint density at radius 3 is 2.83 bits per heavy atom. The number of aromatic nitrogens is 2. The molecule has 0 aliphatic carbocycles. The molecular formula is C13H23N3S2. The van der Waals surface area contributed by atoms with E-state index in [-0.39, 0.29) is 6.04 Å². The highest BCUT2D eigenvalue weighted by atomic mass is 32.2. The van der Waals surface area contributed by atoms with Crippen molar-refractivity contribution in [2.75, 3.05) is 11.5 Å². The highest BCUT2D eigenvalue weighted by Crippen LogP contribution is 2.33. The highest BCUT2D eigenvalue weighted by Gasteiger charge is 2.28. The first kappa shape index (κ1) is 14.3. The van der Waals surface area contributed by atoms with E-state index in [1.54, 1.807) is 0 Å². The zero-order valence-electron chi connectivity index (χ0n) is 11.4. The zero-order valence-corrected chi connectivity index (χ0v) is 13.1. The Balaban J connectivity index is 2.01. The van der Waals surface area contributed by atoms with Gasteiger partial charge in [0, 0.05) is 47.2 Å². The lowest BCUT2D eigenvalue weighted by Gasteiger charge is -2.32. The van der Waals surface area contributed by atoms with E-state index < -0.39 is 0 Å². The zero-order chi connectivity index (χ0) is 13.1. The quantitative estimate of drug-likeness (QED) is 0.920. The number of thioether (sulfide) groups is 2. The Bertz CT molecular complexity index is 392. The van der Waals surface area contributed by atoms with E-state index in [4.69, 9.17) is 5.73 Å². The van der Waals surface area contributed by atoms with Crippen molar-refractivity contribution in [3.63, 3.8) is 0 Å². The van der Waals surface area contributed by atoms with E-state index in [2.05, 4.69) is 36.8 Å². The minimum absolute atomic E-state index is 0.234. The summed E-state index contributed by atoms with van der Waals surface area (Å²) in [7, 11) is 2.02. The van der Waals surface area contributed by atoms with Crippen LogP contribution in [0.5, 0.6) is 0 Å². The molecule has 1 aliphatic rings. The molecule has 1 aromatic rings. The number of hydrogen-bond donors (Lipinski definition) is 1. The molecule has 2 rings (SSSR count). The molecule has 102 valence electrons. The Labute approximate surface area is 118 Å². The molecule has 1 aromatic heterocycles. The lowest BCUT2D eigenvalue weighted by Crippen LogP contribution is -2.42. The molecule has 2 N–H and O–H groups in total. The molecule has 0 radical (unpaired) electrons. The summed E-state index contributed by atoms with van der Waals surface area (Å²) < 4.78 is 1.99. The fourth-order valence-electron chi connectivity index (χ4n) is 2.41. The van der Waals surface area contributed by atoms with Crippen molar-refractivity contribution < 1.29 is 0 Å². The van der Waals surface area contributed by atoms with Crippen molar-refractivity contribution in [1.29, 1.82) is 0 Å². The van der Waals surface area contributed by atoms with Crippen molar-refractivity contribution in [3.8, 4) is 0 Å². The van der Waals surface area contributed by atoms with Crippen molar-refractivity contribution in [2.45, 2.75) is 43.2 Å². The van der Waals surface area contributed by atoms with Gasteiger partial charge in [-0.1, -0.05) is 13.8 Å². The Kier molecular flexibility index (Phi) is 5.04. The SMILES string of the molecule is CCc1cc(CC(N)C2SCCSC2C)n(C)n1. The smallest absolute Gasteiger partial charge is 0.0624 e. The van der Waals surface area contributed by atoms with Gasteiger partial charge in [-0.25, -0.2) is 0 Å². The van der Waals surface area contributed by atoms with E-state index in [1.807, 2.05) is 23.5 Å². The normalized spacial score (nSPS) is 26.2. The lowest BCUT2D eigenvalue weighted by molar-refractivity contribution is 0.586. The average molecular weight is 285 g/mol. The van der Waals surface area contributed by atoms with E-state index >= 15 is 0 Å². The molecular weight excluding hydrogens is 262 g/mol. The van der Waals surface area contributed by atoms with E-state index in [0.29, 0.717) is 10.5 Å². The summed E-state index contributed by atoms with van der Waals surface area (Å²) in [5.41, 5.74) is 8.85. The maximum Gasteiger partial charge on any atom is 0.0624 e. The molecule has 0 saturated carbocycles. The second-order valence-electron chi connectivity index (χ2n) is 4.88. The predicted molar refractivity (Wildman–Crippen MR) is 82.4 cm³/mol. The van der Waals surface area contributed by atoms with Gasteiger partial charge in [-0.15, -0.1) is 0 Å². The van der Waals surface area contributed by atoms with Crippen LogP contribution in [0.25, 0.3) is 0 Å². The molecule has 3 nitrogen and oxygen atoms in total. The van der Waals surface area contributed by atoms with Crippen molar-refractivity contribution in [1.82, 2.24) is 9.78 Å². The van der Waals surface area contributed by atoms with E-state index in [9.17, 15) is 0 Å². The summed E-state index contributed by atoms with van der Waals surface area (Å²) in [5, 5.41) is 5.73. The van der Waals surface area contributed by atoms with Crippen LogP contribution in [0.4, 0.5) is 0 Å². The molecule has 3 unspecified atom stereocenters. The fraction of sp³-hybridized carbons (Fsp3) is 0.769. The van der Waals surface area contributed by atoms with Gasteiger partial charge in [0.15, 0.2) is 0 Å². The first-order chi connectivity index (χ1) is 8.61. The van der Waals surface area contributed by atoms with Crippen LogP contribution in [0.15, 0.2) is 6.07 Å². The van der Waals surface area contributed by atoms with Gasteiger partial charge in [0.2, 0.25) is 0 Å². The van der Waals surface area contributed by atoms with E-state index in [1.165, 1.54) is 22.9 Å². The molecule has 1 aliphatic heterocycles. The Hall–Kier alpha value is -0.130. The second kappa shape index (κ2) is 6.35. The number of aryl methyl sites for hydroxylation is 2. The Morgan fingerprint density at radius 2 is 2.22 bits per heavy atom. The molecule has 0 aromatic carbocycles. The third-order valence-corrected chi connectivity index (χ3v) is 6.77. The monoisotopic (exact) mass is 285 g/mol. The lowest BCUT2D eigenvalue weighted by atomic mass is 10.1. The van der Waals surface area contributed by atoms with Crippen molar-refractivity contribution >= 4 is 23.5 Å². The van der Waals surface area contributed by atoms with Gasteiger partial charge in [-0.3, -0.25) is 4.68 Å². The third-order valence-electron chi connectivity index (χ3n) is 3.49. The minimum Gasteiger partial charge on any atom is -0.326 e. The molecule has 2 heterocycles. The summed E-state index contributed by atoms with van der Waals surface area (Å²) in [6.45, 7) is 4.45. The van der Waals surface area contributed by atoms with Crippen LogP contribution in [-0.4, -0.2) is 37.8 Å². The second-order valence-corrected chi connectivity index (χ2v) is 7.65. The fourth-order valence-corrected chi connectivity index (χ4v) is 5.30. The van der Waals surface area contributed by atoms with Gasteiger partial charge in [-0.05, 0) is 12.5 Å². The molecule has 1 fully saturated rings. The first-order valence-corrected chi connectivity index (χ1v) is 8.72. The molecule has 1 saturated heterocycles. The number of nitrogens with two attached hydrogens (primary N) is 1. The van der Waals surface area contributed by atoms with Gasteiger partial charge in [0.1, 0.15) is 0 Å². The molecule has 0 spiro atoms. The topological polar surface area (TPSA) is 43.8 Å². The van der Waals surface area contributed by atoms with Crippen LogP contribution in [0, 0.1) is 0 Å². The maximum atomic E-state index is 6.42. The van der Waals surface area contributed by atoms with E-state index in [0.717, 1.165) is 12.8 Å². The molecule has 18 heavy (non-hydrogen) atoms. The minimum atomic E-state index is 0.234. The number of hydrogen-bond acceptors (Lipinski definition) is 4. The van der Waals surface area contributed by atoms with Crippen LogP contribution in [0.2, 0.25) is 0 Å². The van der Waals surface area contributed by atoms with Gasteiger partial charge in [-0.2, -0.15) is 28.6 Å². The maximum absolute atomic E-state index is 6.42. The standard InChI is InChI=1S/C13H23N3S2/c1-4-10-7-11(16(3)15-10)8-12(14)13-9(2)17-5-6-18-13/h7,9,12-13H,4-6,8,14H2,1-3H3. The summed E-state index contributed by atoms with van der Waals surface area (Å²) in [6.07, 6.45) is 1.93. The van der Waals surface area contributed by atoms with Crippen LogP contribution in [0.3, 0.4) is 0 Å². The van der Waals surface area contributed by atoms with Crippen LogP contribution >= 0.6 is 23.5 Å². The molecule has 0 amide bonds. The predicted octanol–water partition coefficient (Wildman–Crippen LogP) is 2.09. The van der Waals surface area contributed by atoms with Crippen LogP contribution in [0.1, 0.15) is 25.2 Å². The average Bonchev–Trinajstić information content (AvgIpc) is 2.70. The summed E-state index contributed by atoms with van der Waals surface area (Å²) in [4.78, 5) is 0. The van der Waals surface area contributed by atoms with Crippen molar-refractivity contribution in [2.24, 2.45) is 12.8 Å². The summed E-state index contributed by atoms with van der Waals surface area (Å²) in [6, 6.07) is 2.43. The molecule has 0 bridgehead atoms. The first-order valence-electron chi connectivity index (χ1n) is 6.62. The highest BCUT2D eigenvalue weighted by molar-refractivity contribution is 8.07. The van der Waals surface area contributed by atoms with Gasteiger partial charge < -0.3 is 5.73 Å². The molecule has 5 heteroatoms. The number of rotatable bonds is 4. The van der Waals surface area contributed by atoms with Crippen LogP contribution in [-0.2, 0) is 19.9 Å². The third kappa shape index (κ3) is 3.25. The van der Waals surface area contributed by atoms with Crippen molar-refractivity contribution in [3.05, 3.63) is 17.5 Å². The summed E-state index contributed by atoms with van der Waals surface area (Å²) in [5.74, 6) is 2.50. The molecule has 3 atom stereocenters. The van der Waals surface area contributed by atoms with Gasteiger partial charge >= 0.3 is 0 Å².